The molecule has 2 unspecified atom stereocenters. The molecule has 0 aromatic carbocycles. The SMILES string of the molecule is CCCC(C(=O)N1CCC(COC)(C(=O)O)C1)C(C)C. The van der Waals surface area contributed by atoms with E-state index >= 15 is 0 Å². The van der Waals surface area contributed by atoms with Crippen LogP contribution in [0.5, 0.6) is 0 Å². The minimum Gasteiger partial charge on any atom is -0.481 e. The number of nitrogens with zero attached hydrogens (tertiary/aromatic N) is 1. The van der Waals surface area contributed by atoms with Crippen molar-refractivity contribution in [3.63, 3.8) is 0 Å². The number of carboxylic acid groups (broad SMARTS) is 1. The van der Waals surface area contributed by atoms with E-state index in [-0.39, 0.29) is 30.9 Å². The molecule has 0 aromatic rings. The quantitative estimate of drug-likeness (QED) is 0.777. The van der Waals surface area contributed by atoms with Crippen LogP contribution in [0.15, 0.2) is 0 Å². The summed E-state index contributed by atoms with van der Waals surface area (Å²) in [5.74, 6) is -0.496. The first kappa shape index (κ1) is 17.0. The zero-order valence-electron chi connectivity index (χ0n) is 13.0. The Labute approximate surface area is 121 Å². The van der Waals surface area contributed by atoms with Gasteiger partial charge in [0, 0.05) is 26.1 Å². The number of ether oxygens (including phenoxy) is 1. The largest absolute Gasteiger partial charge is 0.481 e. The molecule has 1 heterocycles. The van der Waals surface area contributed by atoms with Gasteiger partial charge in [-0.05, 0) is 18.8 Å². The number of amides is 1. The Bertz CT molecular complexity index is 356. The van der Waals surface area contributed by atoms with Gasteiger partial charge >= 0.3 is 5.97 Å². The number of hydrogen-bond acceptors (Lipinski definition) is 3. The number of aliphatic carboxylic acids is 1. The number of likely N-dealkylation sites (tertiary alicyclic amines) is 1. The van der Waals surface area contributed by atoms with E-state index in [0.717, 1.165) is 12.8 Å². The monoisotopic (exact) mass is 285 g/mol. The second kappa shape index (κ2) is 7.07. The summed E-state index contributed by atoms with van der Waals surface area (Å²) in [6, 6.07) is 0. The summed E-state index contributed by atoms with van der Waals surface area (Å²) < 4.78 is 5.06. The Morgan fingerprint density at radius 1 is 1.40 bits per heavy atom. The standard InChI is InChI=1S/C15H27NO4/c1-5-6-12(11(2)3)13(17)16-8-7-15(9-16,10-20-4)14(18)19/h11-12H,5-10H2,1-4H3,(H,18,19). The van der Waals surface area contributed by atoms with E-state index in [9.17, 15) is 14.7 Å². The number of rotatable bonds is 7. The van der Waals surface area contributed by atoms with Gasteiger partial charge in [-0.3, -0.25) is 9.59 Å². The lowest BCUT2D eigenvalue weighted by atomic mass is 9.88. The molecule has 0 saturated carbocycles. The summed E-state index contributed by atoms with van der Waals surface area (Å²) in [5.41, 5.74) is -0.932. The molecule has 1 aliphatic heterocycles. The third-order valence-electron chi connectivity index (χ3n) is 4.26. The van der Waals surface area contributed by atoms with Gasteiger partial charge in [0.15, 0.2) is 0 Å². The zero-order chi connectivity index (χ0) is 15.3. The molecule has 0 bridgehead atoms. The van der Waals surface area contributed by atoms with Crippen LogP contribution in [0.25, 0.3) is 0 Å². The first-order valence-electron chi connectivity index (χ1n) is 7.39. The van der Waals surface area contributed by atoms with Crippen molar-refractivity contribution < 1.29 is 19.4 Å². The maximum atomic E-state index is 12.6. The molecule has 1 amide bonds. The van der Waals surface area contributed by atoms with E-state index in [0.29, 0.717) is 13.0 Å². The Morgan fingerprint density at radius 3 is 2.50 bits per heavy atom. The van der Waals surface area contributed by atoms with E-state index in [1.54, 1.807) is 4.90 Å². The number of carbonyl (C=O) groups excluding carboxylic acids is 1. The normalized spacial score (nSPS) is 24.1. The second-order valence-electron chi connectivity index (χ2n) is 6.17. The Kier molecular flexibility index (Phi) is 5.99. The lowest BCUT2D eigenvalue weighted by molar-refractivity contribution is -0.152. The highest BCUT2D eigenvalue weighted by atomic mass is 16.5. The molecule has 5 nitrogen and oxygen atoms in total. The van der Waals surface area contributed by atoms with Gasteiger partial charge in [0.25, 0.3) is 0 Å². The van der Waals surface area contributed by atoms with Gasteiger partial charge in [0.1, 0.15) is 5.41 Å². The maximum absolute atomic E-state index is 12.6. The Hall–Kier alpha value is -1.10. The molecule has 0 aliphatic carbocycles. The van der Waals surface area contributed by atoms with Gasteiger partial charge in [-0.2, -0.15) is 0 Å². The van der Waals surface area contributed by atoms with Crippen molar-refractivity contribution in [2.75, 3.05) is 26.8 Å². The van der Waals surface area contributed by atoms with Crippen LogP contribution >= 0.6 is 0 Å². The molecule has 1 rings (SSSR count). The van der Waals surface area contributed by atoms with Crippen LogP contribution in [0, 0.1) is 17.3 Å². The van der Waals surface area contributed by atoms with Gasteiger partial charge in [-0.1, -0.05) is 27.2 Å². The van der Waals surface area contributed by atoms with E-state index in [1.165, 1.54) is 7.11 Å². The first-order valence-corrected chi connectivity index (χ1v) is 7.39. The van der Waals surface area contributed by atoms with E-state index < -0.39 is 11.4 Å². The summed E-state index contributed by atoms with van der Waals surface area (Å²) in [6.07, 6.45) is 2.29. The smallest absolute Gasteiger partial charge is 0.313 e. The van der Waals surface area contributed by atoms with Gasteiger partial charge in [0.05, 0.1) is 6.61 Å². The van der Waals surface area contributed by atoms with Crippen molar-refractivity contribution in [3.8, 4) is 0 Å². The van der Waals surface area contributed by atoms with Crippen molar-refractivity contribution in [1.82, 2.24) is 4.90 Å². The average Bonchev–Trinajstić information content (AvgIpc) is 2.81. The lowest BCUT2D eigenvalue weighted by Crippen LogP contribution is -2.42. The van der Waals surface area contributed by atoms with Gasteiger partial charge < -0.3 is 14.7 Å². The zero-order valence-corrected chi connectivity index (χ0v) is 13.0. The fraction of sp³-hybridized carbons (Fsp3) is 0.867. The number of carboxylic acids is 1. The van der Waals surface area contributed by atoms with E-state index in [2.05, 4.69) is 6.92 Å². The summed E-state index contributed by atoms with van der Waals surface area (Å²) in [5, 5.41) is 9.43. The van der Waals surface area contributed by atoms with Gasteiger partial charge in [-0.25, -0.2) is 0 Å². The highest BCUT2D eigenvalue weighted by Crippen LogP contribution is 2.33. The molecule has 1 N–H and O–H groups in total. The molecule has 1 aliphatic rings. The number of hydrogen-bond donors (Lipinski definition) is 1. The van der Waals surface area contributed by atoms with Gasteiger partial charge in [0.2, 0.25) is 5.91 Å². The maximum Gasteiger partial charge on any atom is 0.313 e. The highest BCUT2D eigenvalue weighted by Gasteiger charge is 2.47. The molecule has 2 atom stereocenters. The molecule has 116 valence electrons. The molecule has 0 spiro atoms. The molecule has 0 aromatic heterocycles. The average molecular weight is 285 g/mol. The van der Waals surface area contributed by atoms with E-state index in [1.807, 2.05) is 13.8 Å². The predicted molar refractivity (Wildman–Crippen MR) is 76.4 cm³/mol. The predicted octanol–water partition coefficient (Wildman–Crippen LogP) is 2.01. The fourth-order valence-corrected chi connectivity index (χ4v) is 2.98. The van der Waals surface area contributed by atoms with Crippen LogP contribution < -0.4 is 0 Å². The third kappa shape index (κ3) is 3.51. The summed E-state index contributed by atoms with van der Waals surface area (Å²) >= 11 is 0. The molecule has 1 fully saturated rings. The summed E-state index contributed by atoms with van der Waals surface area (Å²) in [7, 11) is 1.50. The molecular weight excluding hydrogens is 258 g/mol. The Balaban J connectivity index is 2.79. The van der Waals surface area contributed by atoms with Crippen LogP contribution in [-0.2, 0) is 14.3 Å². The topological polar surface area (TPSA) is 66.8 Å². The van der Waals surface area contributed by atoms with Crippen molar-refractivity contribution in [2.45, 2.75) is 40.0 Å². The third-order valence-corrected chi connectivity index (χ3v) is 4.26. The molecule has 1 saturated heterocycles. The first-order chi connectivity index (χ1) is 9.38. The van der Waals surface area contributed by atoms with Crippen LogP contribution in [0.4, 0.5) is 0 Å². The molecule has 0 radical (unpaired) electrons. The molecule has 5 heteroatoms. The van der Waals surface area contributed by atoms with Crippen molar-refractivity contribution in [1.29, 1.82) is 0 Å². The number of methoxy groups -OCH3 is 1. The van der Waals surface area contributed by atoms with Crippen LogP contribution in [0.2, 0.25) is 0 Å². The highest BCUT2D eigenvalue weighted by molar-refractivity contribution is 5.82. The molecular formula is C15H27NO4. The number of carbonyl (C=O) groups is 2. The van der Waals surface area contributed by atoms with E-state index in [4.69, 9.17) is 4.74 Å². The van der Waals surface area contributed by atoms with Crippen LogP contribution in [-0.4, -0.2) is 48.7 Å². The fourth-order valence-electron chi connectivity index (χ4n) is 2.98. The van der Waals surface area contributed by atoms with Crippen molar-refractivity contribution >= 4 is 11.9 Å². The van der Waals surface area contributed by atoms with Gasteiger partial charge in [-0.15, -0.1) is 0 Å². The summed E-state index contributed by atoms with van der Waals surface area (Å²) in [4.78, 5) is 25.8. The summed E-state index contributed by atoms with van der Waals surface area (Å²) in [6.45, 7) is 7.11. The second-order valence-corrected chi connectivity index (χ2v) is 6.17. The van der Waals surface area contributed by atoms with Crippen molar-refractivity contribution in [3.05, 3.63) is 0 Å². The van der Waals surface area contributed by atoms with Crippen LogP contribution in [0.3, 0.4) is 0 Å². The lowest BCUT2D eigenvalue weighted by Gasteiger charge is -2.28. The van der Waals surface area contributed by atoms with Crippen molar-refractivity contribution in [2.24, 2.45) is 17.3 Å². The minimum absolute atomic E-state index is 0.00728. The minimum atomic E-state index is -0.932. The van der Waals surface area contributed by atoms with Crippen LogP contribution in [0.1, 0.15) is 40.0 Å². The Morgan fingerprint density at radius 2 is 2.05 bits per heavy atom. The molecule has 20 heavy (non-hydrogen) atoms.